The van der Waals surface area contributed by atoms with Crippen molar-refractivity contribution in [2.24, 2.45) is 4.40 Å². The Morgan fingerprint density at radius 3 is 2.41 bits per heavy atom. The molecule has 160 valence electrons. The van der Waals surface area contributed by atoms with E-state index in [1.165, 1.54) is 18.4 Å². The van der Waals surface area contributed by atoms with E-state index in [-0.39, 0.29) is 17.0 Å². The van der Waals surface area contributed by atoms with Crippen molar-refractivity contribution in [1.82, 2.24) is 4.72 Å². The fourth-order valence-corrected chi connectivity index (χ4v) is 3.56. The number of hydrogen-bond donors (Lipinski definition) is 1. The van der Waals surface area contributed by atoms with Gasteiger partial charge in [0, 0.05) is 12.1 Å². The van der Waals surface area contributed by atoms with Gasteiger partial charge in [0.15, 0.2) is 0 Å². The average molecular weight is 446 g/mol. The number of benzene rings is 1. The molecule has 1 aromatic rings. The van der Waals surface area contributed by atoms with Crippen LogP contribution in [0.1, 0.15) is 27.2 Å². The second-order valence-corrected chi connectivity index (χ2v) is 10.4. The third kappa shape index (κ3) is 7.93. The highest BCUT2D eigenvalue weighted by Gasteiger charge is 2.27. The quantitative estimate of drug-likeness (QED) is 0.200. The molecule has 12 heteroatoms. The van der Waals surface area contributed by atoms with Crippen LogP contribution in [0.3, 0.4) is 0 Å². The van der Waals surface area contributed by atoms with Gasteiger partial charge in [0.2, 0.25) is 10.0 Å². The number of ether oxygens (including phenoxy) is 1. The highest BCUT2D eigenvalue weighted by molar-refractivity contribution is 7.91. The smallest absolute Gasteiger partial charge is 0.324 e. The summed E-state index contributed by atoms with van der Waals surface area (Å²) in [6.07, 6.45) is 4.18. The number of allylic oxidation sites excluding steroid dienone is 1. The van der Waals surface area contributed by atoms with Crippen LogP contribution in [-0.4, -0.2) is 48.0 Å². The number of nitro groups is 1. The van der Waals surface area contributed by atoms with Gasteiger partial charge in [0.25, 0.3) is 5.69 Å². The summed E-state index contributed by atoms with van der Waals surface area (Å²) in [6, 6.07) is 3.01. The Kier molecular flexibility index (Phi) is 8.95. The van der Waals surface area contributed by atoms with Crippen LogP contribution in [0.5, 0.6) is 0 Å². The molecule has 1 aromatic carbocycles. The number of hydrogen-bond acceptors (Lipinski definition) is 8. The average Bonchev–Trinajstić information content (AvgIpc) is 2.65. The lowest BCUT2D eigenvalue weighted by atomic mass is 10.2. The second kappa shape index (κ2) is 10.5. The molecular weight excluding hydrogens is 422 g/mol. The molecule has 0 bridgehead atoms. The van der Waals surface area contributed by atoms with Crippen LogP contribution in [0.2, 0.25) is 0 Å². The summed E-state index contributed by atoms with van der Waals surface area (Å²) in [5.41, 5.74) is -0.261. The van der Waals surface area contributed by atoms with E-state index < -0.39 is 43.1 Å². The van der Waals surface area contributed by atoms with Crippen LogP contribution in [0, 0.1) is 10.1 Å². The number of esters is 1. The predicted molar refractivity (Wildman–Crippen MR) is 109 cm³/mol. The fourth-order valence-electron chi connectivity index (χ4n) is 1.86. The van der Waals surface area contributed by atoms with E-state index in [0.717, 1.165) is 31.4 Å². The van der Waals surface area contributed by atoms with Crippen molar-refractivity contribution in [3.8, 4) is 0 Å². The molecule has 0 aliphatic carbocycles. The van der Waals surface area contributed by atoms with Gasteiger partial charge in [0.1, 0.15) is 22.2 Å². The highest BCUT2D eigenvalue weighted by atomic mass is 32.2. The Bertz CT molecular complexity index is 875. The van der Waals surface area contributed by atoms with E-state index in [4.69, 9.17) is 0 Å². The summed E-state index contributed by atoms with van der Waals surface area (Å²) in [7, 11) is -3.00. The number of carbonyl (C=O) groups is 1. The van der Waals surface area contributed by atoms with Gasteiger partial charge in [-0.1, -0.05) is 10.5 Å². The molecule has 1 rings (SSSR count). The molecule has 0 heterocycles. The molecule has 0 saturated carbocycles. The van der Waals surface area contributed by atoms with E-state index in [0.29, 0.717) is 0 Å². The van der Waals surface area contributed by atoms with Gasteiger partial charge in [-0.2, -0.15) is 4.72 Å². The second-order valence-electron chi connectivity index (χ2n) is 6.73. The minimum Gasteiger partial charge on any atom is -0.591 e. The van der Waals surface area contributed by atoms with Crippen molar-refractivity contribution in [2.45, 2.75) is 42.9 Å². The Balaban J connectivity index is 2.88. The zero-order valence-corrected chi connectivity index (χ0v) is 18.0. The Hall–Kier alpha value is -2.28. The lowest BCUT2D eigenvalue weighted by Gasteiger charge is -2.17. The number of sulfonamides is 1. The van der Waals surface area contributed by atoms with Gasteiger partial charge in [-0.3, -0.25) is 14.9 Å². The fraction of sp³-hybridized carbons (Fsp3) is 0.412. The maximum Gasteiger partial charge on any atom is 0.324 e. The monoisotopic (exact) mass is 445 g/mol. The number of nitrogens with one attached hydrogen (secondary N) is 1. The maximum atomic E-state index is 12.5. The summed E-state index contributed by atoms with van der Waals surface area (Å²) >= 11 is -1.44. The van der Waals surface area contributed by atoms with Crippen molar-refractivity contribution >= 4 is 39.3 Å². The van der Waals surface area contributed by atoms with Crippen LogP contribution >= 0.6 is 0 Å². The molecule has 0 aromatic heterocycles. The number of nitro benzene ring substituents is 1. The van der Waals surface area contributed by atoms with Gasteiger partial charge >= 0.3 is 5.97 Å². The summed E-state index contributed by atoms with van der Waals surface area (Å²) in [5.74, 6) is -0.810. The van der Waals surface area contributed by atoms with Gasteiger partial charge in [0.05, 0.1) is 23.1 Å². The van der Waals surface area contributed by atoms with E-state index >= 15 is 0 Å². The summed E-state index contributed by atoms with van der Waals surface area (Å²) in [4.78, 5) is 21.7. The first kappa shape index (κ1) is 24.8. The molecule has 0 saturated heterocycles. The highest BCUT2D eigenvalue weighted by Crippen LogP contribution is 2.17. The Morgan fingerprint density at radius 1 is 1.34 bits per heavy atom. The standard InChI is InChI=1S/C17H23N3O7S2/c1-17(2,3)28(24)18-12-6-5-7-15(16(21)27-4)19-29(25,26)14-10-8-13(9-11-14)20(22)23/h5-6,8-12,15,19H,7H2,1-4H3/b6-5+,18-12+/t15-,28?/m0/s1. The molecule has 0 fully saturated rings. The van der Waals surface area contributed by atoms with Crippen molar-refractivity contribution in [2.75, 3.05) is 7.11 Å². The van der Waals surface area contributed by atoms with Crippen LogP contribution in [0.25, 0.3) is 0 Å². The van der Waals surface area contributed by atoms with Crippen LogP contribution in [0.4, 0.5) is 5.69 Å². The molecule has 29 heavy (non-hydrogen) atoms. The Labute approximate surface area is 172 Å². The number of rotatable bonds is 9. The molecule has 1 unspecified atom stereocenters. The lowest BCUT2D eigenvalue weighted by Crippen LogP contribution is -2.41. The molecule has 10 nitrogen and oxygen atoms in total. The molecule has 0 aliphatic heterocycles. The van der Waals surface area contributed by atoms with Crippen molar-refractivity contribution < 1.29 is 27.4 Å². The van der Waals surface area contributed by atoms with Crippen molar-refractivity contribution in [3.05, 3.63) is 46.5 Å². The first-order chi connectivity index (χ1) is 13.4. The maximum absolute atomic E-state index is 12.5. The lowest BCUT2D eigenvalue weighted by molar-refractivity contribution is -0.384. The number of non-ortho nitro benzene ring substituents is 1. The van der Waals surface area contributed by atoms with Gasteiger partial charge in [-0.05, 0) is 45.4 Å². The minimum absolute atomic E-state index is 0.0486. The van der Waals surface area contributed by atoms with E-state index in [2.05, 4.69) is 13.9 Å². The molecule has 0 radical (unpaired) electrons. The molecule has 0 amide bonds. The summed E-state index contributed by atoms with van der Waals surface area (Å²) in [6.45, 7) is 5.30. The third-order valence-corrected chi connectivity index (χ3v) is 6.26. The first-order valence-corrected chi connectivity index (χ1v) is 10.9. The van der Waals surface area contributed by atoms with E-state index in [9.17, 15) is 27.9 Å². The zero-order chi connectivity index (χ0) is 22.2. The summed E-state index contributed by atoms with van der Waals surface area (Å²) < 4.78 is 46.9. The SMILES string of the molecule is COC(=O)[C@H](C/C=C/C=N/[S+]([O-])C(C)(C)C)NS(=O)(=O)c1ccc([N+](=O)[O-])cc1. The van der Waals surface area contributed by atoms with Gasteiger partial charge < -0.3 is 9.29 Å². The topological polar surface area (TPSA) is 151 Å². The third-order valence-electron chi connectivity index (χ3n) is 3.42. The predicted octanol–water partition coefficient (Wildman–Crippen LogP) is 1.89. The largest absolute Gasteiger partial charge is 0.591 e. The van der Waals surface area contributed by atoms with Gasteiger partial charge in [-0.25, -0.2) is 8.42 Å². The summed E-state index contributed by atoms with van der Waals surface area (Å²) in [5, 5.41) is 10.7. The van der Waals surface area contributed by atoms with Gasteiger partial charge in [-0.15, -0.1) is 0 Å². The molecule has 0 aliphatic rings. The number of carbonyl (C=O) groups excluding carboxylic acids is 1. The Morgan fingerprint density at radius 2 is 1.93 bits per heavy atom. The van der Waals surface area contributed by atoms with Crippen LogP contribution in [-0.2, 0) is 30.9 Å². The first-order valence-electron chi connectivity index (χ1n) is 8.34. The number of methoxy groups -OCH3 is 1. The van der Waals surface area contributed by atoms with E-state index in [1.54, 1.807) is 20.8 Å². The molecular formula is C17H23N3O7S2. The molecule has 2 atom stereocenters. The van der Waals surface area contributed by atoms with E-state index in [1.807, 2.05) is 0 Å². The molecule has 1 N–H and O–H groups in total. The van der Waals surface area contributed by atoms with Crippen LogP contribution < -0.4 is 4.72 Å². The van der Waals surface area contributed by atoms with Crippen LogP contribution in [0.15, 0.2) is 45.7 Å². The van der Waals surface area contributed by atoms with Crippen molar-refractivity contribution in [3.63, 3.8) is 0 Å². The minimum atomic E-state index is -4.12. The number of nitrogens with zero attached hydrogens (tertiary/aromatic N) is 2. The normalized spacial score (nSPS) is 14.8. The molecule has 0 spiro atoms. The van der Waals surface area contributed by atoms with Crippen molar-refractivity contribution in [1.29, 1.82) is 0 Å². The zero-order valence-electron chi connectivity index (χ0n) is 16.4.